The highest BCUT2D eigenvalue weighted by molar-refractivity contribution is 7.26. The second-order valence-electron chi connectivity index (χ2n) is 13.5. The summed E-state index contributed by atoms with van der Waals surface area (Å²) in [6.45, 7) is 18.7. The second kappa shape index (κ2) is 20.1. The first-order valence-corrected chi connectivity index (χ1v) is 22.5. The van der Waals surface area contributed by atoms with Gasteiger partial charge in [0, 0.05) is 58.9 Å². The third kappa shape index (κ3) is 8.60. The minimum absolute atomic E-state index is 0.969. The van der Waals surface area contributed by atoms with Gasteiger partial charge < -0.3 is 9.80 Å². The van der Waals surface area contributed by atoms with Crippen molar-refractivity contribution in [3.8, 4) is 11.1 Å². The molecule has 4 heteroatoms. The highest BCUT2D eigenvalue weighted by Crippen LogP contribution is 2.49. The van der Waals surface area contributed by atoms with Gasteiger partial charge in [-0.3, -0.25) is 0 Å². The molecule has 0 spiro atoms. The number of hydrogen-bond acceptors (Lipinski definition) is 4. The van der Waals surface area contributed by atoms with Crippen LogP contribution in [0.3, 0.4) is 0 Å². The lowest BCUT2D eigenvalue weighted by Gasteiger charge is -2.31. The van der Waals surface area contributed by atoms with Crippen LogP contribution < -0.4 is 9.80 Å². The molecule has 0 unspecified atom stereocenters. The van der Waals surface area contributed by atoms with Crippen molar-refractivity contribution in [1.29, 1.82) is 0 Å². The molecule has 58 heavy (non-hydrogen) atoms. The lowest BCUT2D eigenvalue weighted by atomic mass is 9.99. The highest BCUT2D eigenvalue weighted by Gasteiger charge is 2.23. The van der Waals surface area contributed by atoms with Crippen molar-refractivity contribution in [2.45, 2.75) is 67.7 Å². The Hall–Kier alpha value is -5.68. The van der Waals surface area contributed by atoms with Crippen LogP contribution in [0.25, 0.3) is 53.5 Å². The summed E-state index contributed by atoms with van der Waals surface area (Å²) in [6.07, 6.45) is 11.7. The summed E-state index contributed by atoms with van der Waals surface area (Å²) >= 11 is 3.68. The molecule has 0 aliphatic heterocycles. The Morgan fingerprint density at radius 2 is 1.16 bits per heavy atom. The van der Waals surface area contributed by atoms with E-state index in [-0.39, 0.29) is 0 Å². The fraction of sp³-hybridized carbons (Fsp3) is 0.185. The van der Waals surface area contributed by atoms with Crippen molar-refractivity contribution < 1.29 is 0 Å². The minimum Gasteiger partial charge on any atom is -0.314 e. The molecule has 0 fully saturated rings. The zero-order chi connectivity index (χ0) is 41.0. The molecule has 0 aliphatic carbocycles. The molecule has 0 saturated heterocycles. The van der Waals surface area contributed by atoms with Crippen molar-refractivity contribution in [3.63, 3.8) is 0 Å². The molecule has 6 aromatic carbocycles. The smallest absolute Gasteiger partial charge is 0.0661 e. The number of anilines is 5. The van der Waals surface area contributed by atoms with Crippen molar-refractivity contribution in [1.82, 2.24) is 0 Å². The van der Waals surface area contributed by atoms with Gasteiger partial charge in [-0.1, -0.05) is 146 Å². The third-order valence-corrected chi connectivity index (χ3v) is 12.3. The van der Waals surface area contributed by atoms with Gasteiger partial charge in [-0.15, -0.1) is 22.7 Å². The lowest BCUT2D eigenvalue weighted by molar-refractivity contribution is 0.866. The minimum atomic E-state index is 0.969. The van der Waals surface area contributed by atoms with E-state index < -0.39 is 0 Å². The van der Waals surface area contributed by atoms with Crippen molar-refractivity contribution in [2.24, 2.45) is 0 Å². The molecule has 294 valence electrons. The average Bonchev–Trinajstić information content (AvgIpc) is 3.84. The van der Waals surface area contributed by atoms with Gasteiger partial charge in [0.15, 0.2) is 0 Å². The molecule has 0 atom stereocenters. The van der Waals surface area contributed by atoms with E-state index in [9.17, 15) is 0 Å². The Labute approximate surface area is 354 Å². The fourth-order valence-electron chi connectivity index (χ4n) is 7.56. The topological polar surface area (TPSA) is 6.48 Å². The lowest BCUT2D eigenvalue weighted by Crippen LogP contribution is -2.17. The molecule has 0 radical (unpaired) electrons. The van der Waals surface area contributed by atoms with E-state index in [1.54, 1.807) is 11.3 Å². The van der Waals surface area contributed by atoms with Gasteiger partial charge in [0.1, 0.15) is 0 Å². The Morgan fingerprint density at radius 1 is 0.603 bits per heavy atom. The summed E-state index contributed by atoms with van der Waals surface area (Å²) in [5, 5.41) is 3.80. The zero-order valence-electron chi connectivity index (χ0n) is 35.1. The molecule has 8 rings (SSSR count). The molecule has 0 saturated carbocycles. The Kier molecular flexibility index (Phi) is 14.6. The summed E-state index contributed by atoms with van der Waals surface area (Å²) in [5.74, 6) is 0. The number of benzene rings is 6. The molecule has 0 bridgehead atoms. The van der Waals surface area contributed by atoms with E-state index in [4.69, 9.17) is 0 Å². The van der Waals surface area contributed by atoms with Crippen LogP contribution >= 0.6 is 22.7 Å². The summed E-state index contributed by atoms with van der Waals surface area (Å²) in [6, 6.07) is 51.2. The van der Waals surface area contributed by atoms with E-state index in [0.717, 1.165) is 36.3 Å². The largest absolute Gasteiger partial charge is 0.314 e. The summed E-state index contributed by atoms with van der Waals surface area (Å²) < 4.78 is 3.82. The van der Waals surface area contributed by atoms with Gasteiger partial charge in [-0.25, -0.2) is 0 Å². The van der Waals surface area contributed by atoms with Crippen LogP contribution in [0.4, 0.5) is 28.4 Å². The van der Waals surface area contributed by atoms with E-state index in [0.29, 0.717) is 0 Å². The predicted molar refractivity (Wildman–Crippen MR) is 264 cm³/mol. The maximum atomic E-state index is 4.10. The molecule has 8 aromatic rings. The number of fused-ring (bicyclic) bond motifs is 4. The number of thiophene rings is 2. The maximum absolute atomic E-state index is 4.10. The molecule has 0 N–H and O–H groups in total. The highest BCUT2D eigenvalue weighted by atomic mass is 32.1. The van der Waals surface area contributed by atoms with Crippen LogP contribution in [0.2, 0.25) is 0 Å². The van der Waals surface area contributed by atoms with Crippen LogP contribution in [-0.4, -0.2) is 0 Å². The predicted octanol–water partition coefficient (Wildman–Crippen LogP) is 18.4. The first-order chi connectivity index (χ1) is 28.6. The second-order valence-corrected chi connectivity index (χ2v) is 15.6. The van der Waals surface area contributed by atoms with E-state index in [2.05, 4.69) is 195 Å². The van der Waals surface area contributed by atoms with Crippen molar-refractivity contribution >= 4 is 93.5 Å². The SMILES string of the molecule is C=Cc1sc2ccc(-c3ccc4sc5c(N(c6ccccc6)c6ccccc6)cc(N(/C(=C/CC)CCC)c6ccccc6)cc5c4c3)cc2c1/C=C\C.CC.CC. The van der Waals surface area contributed by atoms with Crippen LogP contribution in [0.5, 0.6) is 0 Å². The molecule has 2 aromatic heterocycles. The Morgan fingerprint density at radius 3 is 1.69 bits per heavy atom. The Bertz CT molecular complexity index is 2590. The molecular weight excluding hydrogens is 741 g/mol. The van der Waals surface area contributed by atoms with Gasteiger partial charge in [-0.2, -0.15) is 0 Å². The number of rotatable bonds is 12. The van der Waals surface area contributed by atoms with Crippen molar-refractivity contribution in [3.05, 3.63) is 174 Å². The fourth-order valence-corrected chi connectivity index (χ4v) is 9.75. The van der Waals surface area contributed by atoms with Crippen LogP contribution in [0, 0.1) is 0 Å². The van der Waals surface area contributed by atoms with E-state index >= 15 is 0 Å². The van der Waals surface area contributed by atoms with Crippen LogP contribution in [0.1, 0.15) is 78.2 Å². The van der Waals surface area contributed by atoms with E-state index in [1.165, 1.54) is 68.9 Å². The maximum Gasteiger partial charge on any atom is 0.0661 e. The molecular formula is C54H56N2S2. The molecule has 2 nitrogen and oxygen atoms in total. The van der Waals surface area contributed by atoms with Crippen LogP contribution in [-0.2, 0) is 0 Å². The van der Waals surface area contributed by atoms with Gasteiger partial charge in [-0.05, 0) is 109 Å². The number of allylic oxidation sites excluding steroid dienone is 3. The standard InChI is InChI=1S/C50H44N2S2.2C2H6/c1-5-18-37(19-6-2)51(38-21-12-9-13-22-38)41-33-45-44-32-36(35-27-29-48-43(31-35)42(20-7-3)47(8-4)53-48)28-30-49(44)54-50(45)46(34-41)52(39-23-14-10-15-24-39)40-25-16-11-17-26-40;2*1-2/h7-18,20-34H,4-6,19H2,1-3H3;2*1-2H3/b20-7-,37-18+;;. The first kappa shape index (κ1) is 41.9. The summed E-state index contributed by atoms with van der Waals surface area (Å²) in [4.78, 5) is 6.13. The molecule has 0 aliphatic rings. The molecule has 2 heterocycles. The number of para-hydroxylation sites is 3. The summed E-state index contributed by atoms with van der Waals surface area (Å²) in [5.41, 5.74) is 10.8. The van der Waals surface area contributed by atoms with Gasteiger partial charge in [0.2, 0.25) is 0 Å². The number of nitrogens with zero attached hydrogens (tertiary/aromatic N) is 2. The van der Waals surface area contributed by atoms with Gasteiger partial charge in [0.25, 0.3) is 0 Å². The average molecular weight is 797 g/mol. The van der Waals surface area contributed by atoms with Gasteiger partial charge >= 0.3 is 0 Å². The Balaban J connectivity index is 0.00000138. The zero-order valence-corrected chi connectivity index (χ0v) is 36.8. The normalized spacial score (nSPS) is 11.3. The van der Waals surface area contributed by atoms with E-state index in [1.807, 2.05) is 45.1 Å². The van der Waals surface area contributed by atoms with Crippen molar-refractivity contribution in [2.75, 3.05) is 9.80 Å². The third-order valence-electron chi connectivity index (χ3n) is 9.92. The summed E-state index contributed by atoms with van der Waals surface area (Å²) in [7, 11) is 0. The van der Waals surface area contributed by atoms with Crippen LogP contribution in [0.15, 0.2) is 164 Å². The monoisotopic (exact) mass is 796 g/mol. The molecule has 0 amide bonds. The quantitative estimate of drug-likeness (QED) is 0.121. The number of hydrogen-bond donors (Lipinski definition) is 0. The van der Waals surface area contributed by atoms with Gasteiger partial charge in [0.05, 0.1) is 10.4 Å². The first-order valence-electron chi connectivity index (χ1n) is 20.9.